The minimum absolute atomic E-state index is 0.00120. The maximum absolute atomic E-state index is 12.3. The second-order valence-corrected chi connectivity index (χ2v) is 6.58. The predicted molar refractivity (Wildman–Crippen MR) is 94.3 cm³/mol. The van der Waals surface area contributed by atoms with E-state index in [1.807, 2.05) is 18.2 Å². The number of benzene rings is 1. The number of nitrogens with zero attached hydrogens (tertiary/aromatic N) is 1. The van der Waals surface area contributed by atoms with Crippen molar-refractivity contribution in [2.45, 2.75) is 31.6 Å². The molecule has 0 spiro atoms. The third-order valence-corrected chi connectivity index (χ3v) is 4.70. The molecule has 1 aromatic carbocycles. The average molecular weight is 348 g/mol. The standard InChI is InChI=1S/C19H28N2O4/c22-19(6-8-21-9-12-23-13-10-21)20-17-15-24-11-7-18(17)25-14-16-4-2-1-3-5-16/h1-5,17-18H,6-15H2,(H,20,22)/t17-,18+/m1/s1. The highest BCUT2D eigenvalue weighted by Gasteiger charge is 2.28. The number of amides is 1. The molecule has 2 fully saturated rings. The van der Waals surface area contributed by atoms with E-state index in [1.165, 1.54) is 0 Å². The summed E-state index contributed by atoms with van der Waals surface area (Å²) >= 11 is 0. The first-order valence-electron chi connectivity index (χ1n) is 9.14. The van der Waals surface area contributed by atoms with Crippen LogP contribution >= 0.6 is 0 Å². The van der Waals surface area contributed by atoms with Crippen molar-refractivity contribution in [1.29, 1.82) is 0 Å². The topological polar surface area (TPSA) is 60.0 Å². The lowest BCUT2D eigenvalue weighted by atomic mass is 10.1. The zero-order chi connectivity index (χ0) is 17.3. The van der Waals surface area contributed by atoms with E-state index >= 15 is 0 Å². The number of carbonyl (C=O) groups excluding carboxylic acids is 1. The Bertz CT molecular complexity index is 519. The quantitative estimate of drug-likeness (QED) is 0.802. The Balaban J connectivity index is 1.42. The van der Waals surface area contributed by atoms with Crippen LogP contribution in [-0.4, -0.2) is 69.0 Å². The third kappa shape index (κ3) is 6.08. The molecule has 25 heavy (non-hydrogen) atoms. The van der Waals surface area contributed by atoms with Crippen LogP contribution in [0.3, 0.4) is 0 Å². The van der Waals surface area contributed by atoms with Crippen molar-refractivity contribution in [3.05, 3.63) is 35.9 Å². The molecule has 0 saturated carbocycles. The van der Waals surface area contributed by atoms with Crippen molar-refractivity contribution in [2.75, 3.05) is 46.1 Å². The maximum atomic E-state index is 12.3. The fourth-order valence-corrected chi connectivity index (χ4v) is 3.19. The predicted octanol–water partition coefficient (Wildman–Crippen LogP) is 1.20. The largest absolute Gasteiger partial charge is 0.379 e. The smallest absolute Gasteiger partial charge is 0.221 e. The van der Waals surface area contributed by atoms with E-state index in [0.29, 0.717) is 26.2 Å². The number of hydrogen-bond donors (Lipinski definition) is 1. The molecule has 0 bridgehead atoms. The minimum atomic E-state index is -0.0744. The maximum Gasteiger partial charge on any atom is 0.221 e. The van der Waals surface area contributed by atoms with Crippen molar-refractivity contribution in [3.8, 4) is 0 Å². The summed E-state index contributed by atoms with van der Waals surface area (Å²) in [6, 6.07) is 10.0. The van der Waals surface area contributed by atoms with Gasteiger partial charge in [-0.15, -0.1) is 0 Å². The van der Waals surface area contributed by atoms with Gasteiger partial charge in [0.2, 0.25) is 5.91 Å². The molecule has 0 radical (unpaired) electrons. The lowest BCUT2D eigenvalue weighted by Crippen LogP contribution is -2.51. The first kappa shape index (κ1) is 18.3. The number of carbonyl (C=O) groups is 1. The first-order chi connectivity index (χ1) is 12.3. The molecule has 2 atom stereocenters. The van der Waals surface area contributed by atoms with Crippen LogP contribution in [0, 0.1) is 0 Å². The molecule has 3 rings (SSSR count). The minimum Gasteiger partial charge on any atom is -0.379 e. The lowest BCUT2D eigenvalue weighted by Gasteiger charge is -2.32. The summed E-state index contributed by atoms with van der Waals surface area (Å²) in [5, 5.41) is 3.10. The van der Waals surface area contributed by atoms with Crippen molar-refractivity contribution in [2.24, 2.45) is 0 Å². The zero-order valence-electron chi connectivity index (χ0n) is 14.7. The molecular formula is C19H28N2O4. The van der Waals surface area contributed by atoms with Gasteiger partial charge in [0.1, 0.15) is 0 Å². The number of hydrogen-bond acceptors (Lipinski definition) is 5. The summed E-state index contributed by atoms with van der Waals surface area (Å²) < 4.78 is 16.9. The normalized spacial score (nSPS) is 24.8. The van der Waals surface area contributed by atoms with Crippen LogP contribution in [0.5, 0.6) is 0 Å². The molecular weight excluding hydrogens is 320 g/mol. The third-order valence-electron chi connectivity index (χ3n) is 4.70. The van der Waals surface area contributed by atoms with Crippen LogP contribution in [0.15, 0.2) is 30.3 Å². The summed E-state index contributed by atoms with van der Waals surface area (Å²) in [5.41, 5.74) is 1.14. The van der Waals surface area contributed by atoms with E-state index < -0.39 is 0 Å². The van der Waals surface area contributed by atoms with E-state index in [2.05, 4.69) is 22.3 Å². The Morgan fingerprint density at radius 2 is 1.96 bits per heavy atom. The number of nitrogens with one attached hydrogen (secondary N) is 1. The van der Waals surface area contributed by atoms with Crippen molar-refractivity contribution >= 4 is 5.91 Å². The summed E-state index contributed by atoms with van der Waals surface area (Å²) in [6.07, 6.45) is 1.31. The van der Waals surface area contributed by atoms with Gasteiger partial charge in [0.05, 0.1) is 38.6 Å². The average Bonchev–Trinajstić information content (AvgIpc) is 2.67. The van der Waals surface area contributed by atoms with E-state index in [9.17, 15) is 4.79 Å². The van der Waals surface area contributed by atoms with Gasteiger partial charge in [-0.05, 0) is 12.0 Å². The second kappa shape index (κ2) is 9.87. The van der Waals surface area contributed by atoms with Crippen LogP contribution in [0.4, 0.5) is 0 Å². The molecule has 1 aromatic rings. The van der Waals surface area contributed by atoms with Gasteiger partial charge in [-0.2, -0.15) is 0 Å². The molecule has 0 aliphatic carbocycles. The van der Waals surface area contributed by atoms with Crippen molar-refractivity contribution < 1.29 is 19.0 Å². The molecule has 1 N–H and O–H groups in total. The Labute approximate surface area is 149 Å². The van der Waals surface area contributed by atoms with E-state index in [4.69, 9.17) is 14.2 Å². The summed E-state index contributed by atoms with van der Waals surface area (Å²) in [6.45, 7) is 5.86. The molecule has 0 unspecified atom stereocenters. The summed E-state index contributed by atoms with van der Waals surface area (Å²) in [7, 11) is 0. The van der Waals surface area contributed by atoms with Gasteiger partial charge >= 0.3 is 0 Å². The summed E-state index contributed by atoms with van der Waals surface area (Å²) in [5.74, 6) is 0.0651. The number of rotatable bonds is 7. The van der Waals surface area contributed by atoms with Crippen LogP contribution < -0.4 is 5.32 Å². The van der Waals surface area contributed by atoms with E-state index in [0.717, 1.165) is 44.8 Å². The molecule has 2 heterocycles. The van der Waals surface area contributed by atoms with Gasteiger partial charge < -0.3 is 19.5 Å². The Hall–Kier alpha value is -1.47. The van der Waals surface area contributed by atoms with Crippen LogP contribution in [0.25, 0.3) is 0 Å². The fourth-order valence-electron chi connectivity index (χ4n) is 3.19. The highest BCUT2D eigenvalue weighted by atomic mass is 16.5. The first-order valence-corrected chi connectivity index (χ1v) is 9.14. The van der Waals surface area contributed by atoms with Gasteiger partial charge in [-0.1, -0.05) is 30.3 Å². The van der Waals surface area contributed by atoms with Gasteiger partial charge in [-0.25, -0.2) is 0 Å². The molecule has 1 amide bonds. The molecule has 0 aromatic heterocycles. The second-order valence-electron chi connectivity index (χ2n) is 6.58. The SMILES string of the molecule is O=C(CCN1CCOCC1)N[C@@H]1COCC[C@@H]1OCc1ccccc1. The van der Waals surface area contributed by atoms with Crippen LogP contribution in [-0.2, 0) is 25.6 Å². The molecule has 6 heteroatoms. The Morgan fingerprint density at radius 1 is 1.16 bits per heavy atom. The highest BCUT2D eigenvalue weighted by molar-refractivity contribution is 5.76. The van der Waals surface area contributed by atoms with Gasteiger partial charge in [-0.3, -0.25) is 9.69 Å². The van der Waals surface area contributed by atoms with E-state index in [1.54, 1.807) is 0 Å². The summed E-state index contributed by atoms with van der Waals surface area (Å²) in [4.78, 5) is 14.6. The number of morpholine rings is 1. The zero-order valence-corrected chi connectivity index (χ0v) is 14.7. The fraction of sp³-hybridized carbons (Fsp3) is 0.632. The van der Waals surface area contributed by atoms with Crippen molar-refractivity contribution in [3.63, 3.8) is 0 Å². The highest BCUT2D eigenvalue weighted by Crippen LogP contribution is 2.15. The number of ether oxygens (including phenoxy) is 3. The van der Waals surface area contributed by atoms with Crippen molar-refractivity contribution in [1.82, 2.24) is 10.2 Å². The monoisotopic (exact) mass is 348 g/mol. The molecule has 138 valence electrons. The van der Waals surface area contributed by atoms with Crippen LogP contribution in [0.1, 0.15) is 18.4 Å². The van der Waals surface area contributed by atoms with E-state index in [-0.39, 0.29) is 18.1 Å². The molecule has 2 saturated heterocycles. The van der Waals surface area contributed by atoms with Crippen LogP contribution in [0.2, 0.25) is 0 Å². The molecule has 2 aliphatic heterocycles. The lowest BCUT2D eigenvalue weighted by molar-refractivity contribution is -0.127. The Kier molecular flexibility index (Phi) is 7.23. The molecule has 2 aliphatic rings. The Morgan fingerprint density at radius 3 is 2.76 bits per heavy atom. The van der Waals surface area contributed by atoms with Gasteiger partial charge in [0.15, 0.2) is 0 Å². The van der Waals surface area contributed by atoms with Gasteiger partial charge in [0, 0.05) is 32.7 Å². The van der Waals surface area contributed by atoms with Gasteiger partial charge in [0.25, 0.3) is 0 Å². The molecule has 6 nitrogen and oxygen atoms in total.